The Hall–Kier alpha value is -2.50. The molecule has 6 heteroatoms. The number of hydrogen-bond donors (Lipinski definition) is 1. The molecule has 0 aliphatic heterocycles. The van der Waals surface area contributed by atoms with Crippen LogP contribution in [0.5, 0.6) is 0 Å². The molecule has 126 valence electrons. The average molecular weight is 331 g/mol. The lowest BCUT2D eigenvalue weighted by Crippen LogP contribution is -2.16. The zero-order valence-electron chi connectivity index (χ0n) is 14.0. The van der Waals surface area contributed by atoms with E-state index >= 15 is 0 Å². The molecule has 0 atom stereocenters. The second-order valence-corrected chi connectivity index (χ2v) is 6.63. The van der Waals surface area contributed by atoms with Crippen molar-refractivity contribution >= 4 is 17.2 Å². The third kappa shape index (κ3) is 2.62. The molecule has 1 aromatic heterocycles. The van der Waals surface area contributed by atoms with Gasteiger partial charge in [0.1, 0.15) is 5.69 Å². The van der Waals surface area contributed by atoms with Gasteiger partial charge in [0.05, 0.1) is 5.56 Å². The first-order valence-corrected chi connectivity index (χ1v) is 7.67. The van der Waals surface area contributed by atoms with Gasteiger partial charge in [0.15, 0.2) is 0 Å². The van der Waals surface area contributed by atoms with Crippen molar-refractivity contribution < 1.29 is 13.6 Å². The lowest BCUT2D eigenvalue weighted by atomic mass is 9.87. The number of nitrogens with one attached hydrogen (secondary N) is 1. The number of fused-ring (bicyclic) bond motifs is 1. The molecule has 1 aromatic carbocycles. The minimum atomic E-state index is -2.80. The normalized spacial score (nSPS) is 15.4. The molecule has 0 saturated heterocycles. The number of carbonyl (C=O) groups is 1. The molecule has 0 radical (unpaired) electrons. The number of aromatic nitrogens is 2. The number of allylic oxidation sites excluding steroid dienone is 2. The van der Waals surface area contributed by atoms with Crippen LogP contribution in [0.2, 0.25) is 0 Å². The number of benzene rings is 1. The summed E-state index contributed by atoms with van der Waals surface area (Å²) in [5.74, 6) is -0.579. The molecule has 1 heterocycles. The van der Waals surface area contributed by atoms with E-state index in [2.05, 4.69) is 30.3 Å². The zero-order chi connectivity index (χ0) is 17.6. The van der Waals surface area contributed by atoms with E-state index < -0.39 is 18.0 Å². The van der Waals surface area contributed by atoms with E-state index in [9.17, 15) is 13.6 Å². The Morgan fingerprint density at radius 2 is 2.04 bits per heavy atom. The molecule has 0 bridgehead atoms. The predicted octanol–water partition coefficient (Wildman–Crippen LogP) is 4.30. The van der Waals surface area contributed by atoms with Crippen molar-refractivity contribution in [1.82, 2.24) is 9.78 Å². The van der Waals surface area contributed by atoms with Crippen LogP contribution in [-0.4, -0.2) is 15.7 Å². The number of hydrogen-bond acceptors (Lipinski definition) is 2. The van der Waals surface area contributed by atoms with E-state index in [-0.39, 0.29) is 11.0 Å². The Morgan fingerprint density at radius 1 is 1.33 bits per heavy atom. The molecule has 1 aliphatic carbocycles. The second-order valence-electron chi connectivity index (χ2n) is 6.63. The third-order valence-corrected chi connectivity index (χ3v) is 4.29. The summed E-state index contributed by atoms with van der Waals surface area (Å²) in [7, 11) is 1.51. The fourth-order valence-electron chi connectivity index (χ4n) is 3.34. The zero-order valence-corrected chi connectivity index (χ0v) is 14.0. The average Bonchev–Trinajstić information content (AvgIpc) is 2.98. The maximum Gasteiger partial charge on any atom is 0.282 e. The Morgan fingerprint density at radius 3 is 2.71 bits per heavy atom. The Bertz CT molecular complexity index is 850. The van der Waals surface area contributed by atoms with Gasteiger partial charge in [0.25, 0.3) is 12.3 Å². The van der Waals surface area contributed by atoms with Gasteiger partial charge >= 0.3 is 0 Å². The number of amides is 1. The van der Waals surface area contributed by atoms with Crippen LogP contribution in [0.3, 0.4) is 0 Å². The molecule has 24 heavy (non-hydrogen) atoms. The summed E-state index contributed by atoms with van der Waals surface area (Å²) in [6, 6.07) is 5.67. The lowest BCUT2D eigenvalue weighted by molar-refractivity contribution is 0.101. The largest absolute Gasteiger partial charge is 0.321 e. The first kappa shape index (κ1) is 16.4. The number of aryl methyl sites for hydroxylation is 1. The van der Waals surface area contributed by atoms with Crippen molar-refractivity contribution in [2.75, 3.05) is 5.32 Å². The molecule has 0 saturated carbocycles. The molecule has 3 rings (SSSR count). The van der Waals surface area contributed by atoms with Crippen LogP contribution in [0.4, 0.5) is 14.5 Å². The van der Waals surface area contributed by atoms with E-state index in [1.165, 1.54) is 17.9 Å². The second kappa shape index (κ2) is 5.54. The summed E-state index contributed by atoms with van der Waals surface area (Å²) >= 11 is 0. The number of anilines is 1. The molecule has 0 fully saturated rings. The highest BCUT2D eigenvalue weighted by Crippen LogP contribution is 2.43. The van der Waals surface area contributed by atoms with Crippen molar-refractivity contribution in [3.63, 3.8) is 0 Å². The van der Waals surface area contributed by atoms with Crippen LogP contribution in [-0.2, 0) is 12.5 Å². The van der Waals surface area contributed by atoms with Crippen molar-refractivity contribution in [3.05, 3.63) is 52.9 Å². The van der Waals surface area contributed by atoms with E-state index in [1.807, 2.05) is 19.1 Å². The number of alkyl halides is 2. The van der Waals surface area contributed by atoms with Gasteiger partial charge in [-0.25, -0.2) is 8.78 Å². The van der Waals surface area contributed by atoms with Gasteiger partial charge in [-0.2, -0.15) is 5.10 Å². The van der Waals surface area contributed by atoms with Crippen LogP contribution in [0.1, 0.15) is 54.4 Å². The standard InChI is InChI=1S/C18H19F2N3O/c1-10-8-18(2,3)12-6-5-7-13(14(10)12)21-17(24)11-9-23(4)22-15(11)16(19)20/h5-9,16H,1-4H3,(H,21,24). The summed E-state index contributed by atoms with van der Waals surface area (Å²) in [5.41, 5.74) is 3.02. The molecule has 4 nitrogen and oxygen atoms in total. The van der Waals surface area contributed by atoms with E-state index in [0.29, 0.717) is 5.69 Å². The molecule has 1 amide bonds. The monoisotopic (exact) mass is 331 g/mol. The summed E-state index contributed by atoms with van der Waals surface area (Å²) in [5, 5.41) is 6.45. The highest BCUT2D eigenvalue weighted by atomic mass is 19.3. The van der Waals surface area contributed by atoms with Gasteiger partial charge < -0.3 is 5.32 Å². The summed E-state index contributed by atoms with van der Waals surface area (Å²) in [6.07, 6.45) is 0.656. The molecule has 1 N–H and O–H groups in total. The quantitative estimate of drug-likeness (QED) is 0.911. The minimum absolute atomic E-state index is 0.107. The van der Waals surface area contributed by atoms with Crippen molar-refractivity contribution in [2.24, 2.45) is 7.05 Å². The van der Waals surface area contributed by atoms with Crippen LogP contribution < -0.4 is 5.32 Å². The predicted molar refractivity (Wildman–Crippen MR) is 89.2 cm³/mol. The van der Waals surface area contributed by atoms with E-state index in [0.717, 1.165) is 16.7 Å². The number of nitrogens with zero attached hydrogens (tertiary/aromatic N) is 2. The van der Waals surface area contributed by atoms with Gasteiger partial charge in [-0.15, -0.1) is 0 Å². The molecule has 0 spiro atoms. The first-order chi connectivity index (χ1) is 11.2. The topological polar surface area (TPSA) is 46.9 Å². The Kier molecular flexibility index (Phi) is 3.78. The third-order valence-electron chi connectivity index (χ3n) is 4.29. The molecular weight excluding hydrogens is 312 g/mol. The molecule has 0 unspecified atom stereocenters. The highest BCUT2D eigenvalue weighted by molar-refractivity contribution is 6.06. The van der Waals surface area contributed by atoms with Gasteiger partial charge in [-0.1, -0.05) is 32.1 Å². The van der Waals surface area contributed by atoms with Crippen molar-refractivity contribution in [1.29, 1.82) is 0 Å². The summed E-state index contributed by atoms with van der Waals surface area (Å²) < 4.78 is 27.3. The SMILES string of the molecule is CC1=CC(C)(C)c2cccc(NC(=O)c3cn(C)nc3C(F)F)c21. The van der Waals surface area contributed by atoms with Crippen LogP contribution >= 0.6 is 0 Å². The van der Waals surface area contributed by atoms with E-state index in [1.54, 1.807) is 6.07 Å². The smallest absolute Gasteiger partial charge is 0.282 e. The summed E-state index contributed by atoms with van der Waals surface area (Å²) in [4.78, 5) is 12.5. The number of carbonyl (C=O) groups excluding carboxylic acids is 1. The van der Waals surface area contributed by atoms with Crippen LogP contribution in [0, 0.1) is 0 Å². The van der Waals surface area contributed by atoms with Gasteiger partial charge in [0.2, 0.25) is 0 Å². The number of rotatable bonds is 3. The minimum Gasteiger partial charge on any atom is -0.321 e. The first-order valence-electron chi connectivity index (χ1n) is 7.67. The molecule has 2 aromatic rings. The maximum absolute atomic E-state index is 13.1. The van der Waals surface area contributed by atoms with Gasteiger partial charge in [-0.3, -0.25) is 9.48 Å². The number of halogens is 2. The van der Waals surface area contributed by atoms with Gasteiger partial charge in [-0.05, 0) is 24.1 Å². The van der Waals surface area contributed by atoms with Crippen molar-refractivity contribution in [2.45, 2.75) is 32.6 Å². The maximum atomic E-state index is 13.1. The van der Waals surface area contributed by atoms with Gasteiger partial charge in [0, 0.05) is 29.9 Å². The fraction of sp³-hybridized carbons (Fsp3) is 0.333. The summed E-state index contributed by atoms with van der Waals surface area (Å²) in [6.45, 7) is 6.19. The molecule has 1 aliphatic rings. The Labute approximate surface area is 139 Å². The molecular formula is C18H19F2N3O. The highest BCUT2D eigenvalue weighted by Gasteiger charge is 2.30. The fourth-order valence-corrected chi connectivity index (χ4v) is 3.34. The van der Waals surface area contributed by atoms with Crippen LogP contribution in [0.15, 0.2) is 30.5 Å². The Balaban J connectivity index is 1.98. The van der Waals surface area contributed by atoms with E-state index in [4.69, 9.17) is 0 Å². The lowest BCUT2D eigenvalue weighted by Gasteiger charge is -2.19. The van der Waals surface area contributed by atoms with Crippen molar-refractivity contribution in [3.8, 4) is 0 Å². The van der Waals surface area contributed by atoms with Crippen LogP contribution in [0.25, 0.3) is 5.57 Å².